The zero-order valence-corrected chi connectivity index (χ0v) is 14.6. The van der Waals surface area contributed by atoms with Gasteiger partial charge in [-0.1, -0.05) is 18.2 Å². The number of amides is 1. The van der Waals surface area contributed by atoms with Crippen molar-refractivity contribution in [3.8, 4) is 11.6 Å². The molecule has 6 nitrogen and oxygen atoms in total. The lowest BCUT2D eigenvalue weighted by atomic mass is 10.1. The highest BCUT2D eigenvalue weighted by molar-refractivity contribution is 5.96. The molecule has 1 N–H and O–H groups in total. The molecule has 132 valence electrons. The average molecular weight is 348 g/mol. The molecule has 1 aromatic carbocycles. The van der Waals surface area contributed by atoms with E-state index in [4.69, 9.17) is 4.74 Å². The minimum atomic E-state index is -0.172. The number of nitrogens with one attached hydrogen (secondary N) is 1. The van der Waals surface area contributed by atoms with Gasteiger partial charge in [0.05, 0.1) is 5.69 Å². The van der Waals surface area contributed by atoms with Crippen LogP contribution in [0.25, 0.3) is 0 Å². The summed E-state index contributed by atoms with van der Waals surface area (Å²) in [6, 6.07) is 12.9. The SMILES string of the molecule is Cc1cn2c(n1)CC[C@@H](NC(=O)c1cccnc1Oc1ccccc1)C2. The number of para-hydroxylation sites is 1. The van der Waals surface area contributed by atoms with E-state index in [1.165, 1.54) is 0 Å². The van der Waals surface area contributed by atoms with Crippen molar-refractivity contribution in [2.75, 3.05) is 0 Å². The Labute approximate surface area is 151 Å². The maximum absolute atomic E-state index is 12.8. The molecule has 6 heteroatoms. The highest BCUT2D eigenvalue weighted by atomic mass is 16.5. The molecule has 1 amide bonds. The Kier molecular flexibility index (Phi) is 4.39. The van der Waals surface area contributed by atoms with Gasteiger partial charge in [-0.15, -0.1) is 0 Å². The normalized spacial score (nSPS) is 16.0. The summed E-state index contributed by atoms with van der Waals surface area (Å²) < 4.78 is 7.91. The number of aryl methyl sites for hydroxylation is 2. The van der Waals surface area contributed by atoms with Crippen LogP contribution in [0.5, 0.6) is 11.6 Å². The Morgan fingerprint density at radius 2 is 2.08 bits per heavy atom. The first-order valence-electron chi connectivity index (χ1n) is 8.70. The van der Waals surface area contributed by atoms with E-state index in [0.717, 1.165) is 30.9 Å². The van der Waals surface area contributed by atoms with Gasteiger partial charge in [-0.2, -0.15) is 0 Å². The first kappa shape index (κ1) is 16.3. The van der Waals surface area contributed by atoms with Crippen LogP contribution in [0.2, 0.25) is 0 Å². The van der Waals surface area contributed by atoms with Crippen molar-refractivity contribution >= 4 is 5.91 Å². The molecule has 1 aliphatic rings. The largest absolute Gasteiger partial charge is 0.438 e. The van der Waals surface area contributed by atoms with Crippen LogP contribution in [0.1, 0.15) is 28.3 Å². The summed E-state index contributed by atoms with van der Waals surface area (Å²) in [7, 11) is 0. The van der Waals surface area contributed by atoms with Gasteiger partial charge < -0.3 is 14.6 Å². The second-order valence-corrected chi connectivity index (χ2v) is 6.43. The first-order chi connectivity index (χ1) is 12.7. The number of aromatic nitrogens is 3. The zero-order valence-electron chi connectivity index (χ0n) is 14.6. The summed E-state index contributed by atoms with van der Waals surface area (Å²) >= 11 is 0. The fraction of sp³-hybridized carbons (Fsp3) is 0.250. The number of nitrogens with zero attached hydrogens (tertiary/aromatic N) is 3. The highest BCUT2D eigenvalue weighted by Gasteiger charge is 2.23. The monoisotopic (exact) mass is 348 g/mol. The van der Waals surface area contributed by atoms with E-state index >= 15 is 0 Å². The number of carbonyl (C=O) groups is 1. The molecule has 0 spiro atoms. The van der Waals surface area contributed by atoms with Crippen molar-refractivity contribution in [3.63, 3.8) is 0 Å². The molecule has 0 saturated heterocycles. The number of fused-ring (bicyclic) bond motifs is 1. The molecule has 2 aromatic heterocycles. The number of pyridine rings is 1. The highest BCUT2D eigenvalue weighted by Crippen LogP contribution is 2.23. The van der Waals surface area contributed by atoms with Gasteiger partial charge in [0, 0.05) is 31.4 Å². The molecular weight excluding hydrogens is 328 g/mol. The molecule has 0 saturated carbocycles. The van der Waals surface area contributed by atoms with Crippen LogP contribution in [-0.2, 0) is 13.0 Å². The standard InChI is InChI=1S/C20H20N4O2/c1-14-12-24-13-15(9-10-18(24)22-14)23-19(25)17-8-5-11-21-20(17)26-16-6-3-2-4-7-16/h2-8,11-12,15H,9-10,13H2,1H3,(H,23,25)/t15-/m1/s1. The lowest BCUT2D eigenvalue weighted by Crippen LogP contribution is -2.41. The Balaban J connectivity index is 1.49. The minimum absolute atomic E-state index is 0.0633. The molecule has 0 unspecified atom stereocenters. The molecule has 1 atom stereocenters. The molecule has 0 aliphatic carbocycles. The van der Waals surface area contributed by atoms with Gasteiger partial charge in [-0.25, -0.2) is 9.97 Å². The minimum Gasteiger partial charge on any atom is -0.438 e. The lowest BCUT2D eigenvalue weighted by Gasteiger charge is -2.25. The third-order valence-corrected chi connectivity index (χ3v) is 4.42. The smallest absolute Gasteiger partial charge is 0.257 e. The molecule has 0 radical (unpaired) electrons. The number of hydrogen-bond acceptors (Lipinski definition) is 4. The fourth-order valence-corrected chi connectivity index (χ4v) is 3.21. The van der Waals surface area contributed by atoms with E-state index in [1.807, 2.05) is 43.5 Å². The quantitative estimate of drug-likeness (QED) is 0.786. The van der Waals surface area contributed by atoms with Crippen molar-refractivity contribution in [2.45, 2.75) is 32.4 Å². The molecule has 3 heterocycles. The Bertz CT molecular complexity index is 921. The molecule has 0 bridgehead atoms. The van der Waals surface area contributed by atoms with E-state index in [0.29, 0.717) is 17.2 Å². The predicted molar refractivity (Wildman–Crippen MR) is 97.3 cm³/mol. The van der Waals surface area contributed by atoms with Crippen LogP contribution in [0.15, 0.2) is 54.9 Å². The molecule has 1 aliphatic heterocycles. The fourth-order valence-electron chi connectivity index (χ4n) is 3.21. The van der Waals surface area contributed by atoms with Crippen LogP contribution in [0.4, 0.5) is 0 Å². The molecule has 0 fully saturated rings. The molecular formula is C20H20N4O2. The van der Waals surface area contributed by atoms with Gasteiger partial charge in [-0.05, 0) is 37.6 Å². The number of ether oxygens (including phenoxy) is 1. The van der Waals surface area contributed by atoms with Crippen LogP contribution < -0.4 is 10.1 Å². The van der Waals surface area contributed by atoms with E-state index in [-0.39, 0.29) is 11.9 Å². The predicted octanol–water partition coefficient (Wildman–Crippen LogP) is 3.12. The summed E-state index contributed by atoms with van der Waals surface area (Å²) in [6.45, 7) is 2.72. The maximum Gasteiger partial charge on any atom is 0.257 e. The van der Waals surface area contributed by atoms with Gasteiger partial charge >= 0.3 is 0 Å². The van der Waals surface area contributed by atoms with E-state index < -0.39 is 0 Å². The second kappa shape index (κ2) is 7.00. The van der Waals surface area contributed by atoms with Gasteiger partial charge in [0.2, 0.25) is 5.88 Å². The van der Waals surface area contributed by atoms with Crippen molar-refractivity contribution in [2.24, 2.45) is 0 Å². The number of imidazole rings is 1. The summed E-state index contributed by atoms with van der Waals surface area (Å²) in [6.07, 6.45) is 5.38. The van der Waals surface area contributed by atoms with E-state index in [9.17, 15) is 4.79 Å². The van der Waals surface area contributed by atoms with Crippen molar-refractivity contribution in [1.82, 2.24) is 19.9 Å². The number of hydrogen-bond donors (Lipinski definition) is 1. The van der Waals surface area contributed by atoms with E-state index in [2.05, 4.69) is 19.9 Å². The average Bonchev–Trinajstić information content (AvgIpc) is 3.02. The van der Waals surface area contributed by atoms with E-state index in [1.54, 1.807) is 18.3 Å². The Morgan fingerprint density at radius 1 is 1.23 bits per heavy atom. The van der Waals surface area contributed by atoms with Crippen LogP contribution in [-0.4, -0.2) is 26.5 Å². The lowest BCUT2D eigenvalue weighted by molar-refractivity contribution is 0.0924. The second-order valence-electron chi connectivity index (χ2n) is 6.43. The Morgan fingerprint density at radius 3 is 2.92 bits per heavy atom. The number of benzene rings is 1. The maximum atomic E-state index is 12.8. The molecule has 3 aromatic rings. The topological polar surface area (TPSA) is 69.0 Å². The summed E-state index contributed by atoms with van der Waals surface area (Å²) in [4.78, 5) is 21.5. The van der Waals surface area contributed by atoms with Crippen LogP contribution >= 0.6 is 0 Å². The van der Waals surface area contributed by atoms with Crippen molar-refractivity contribution < 1.29 is 9.53 Å². The van der Waals surface area contributed by atoms with Crippen molar-refractivity contribution in [1.29, 1.82) is 0 Å². The summed E-state index contributed by atoms with van der Waals surface area (Å²) in [5, 5.41) is 3.10. The third kappa shape index (κ3) is 3.44. The van der Waals surface area contributed by atoms with Crippen LogP contribution in [0, 0.1) is 6.92 Å². The number of rotatable bonds is 4. The van der Waals surface area contributed by atoms with Gasteiger partial charge in [0.15, 0.2) is 0 Å². The van der Waals surface area contributed by atoms with Gasteiger partial charge in [0.25, 0.3) is 5.91 Å². The van der Waals surface area contributed by atoms with Gasteiger partial charge in [-0.3, -0.25) is 4.79 Å². The summed E-state index contributed by atoms with van der Waals surface area (Å²) in [5.41, 5.74) is 1.45. The van der Waals surface area contributed by atoms with Gasteiger partial charge in [0.1, 0.15) is 17.1 Å². The number of carbonyl (C=O) groups excluding carboxylic acids is 1. The Hall–Kier alpha value is -3.15. The van der Waals surface area contributed by atoms with Crippen molar-refractivity contribution in [3.05, 3.63) is 71.9 Å². The molecule has 26 heavy (non-hydrogen) atoms. The summed E-state index contributed by atoms with van der Waals surface area (Å²) in [5.74, 6) is 1.87. The van der Waals surface area contributed by atoms with Crippen LogP contribution in [0.3, 0.4) is 0 Å². The zero-order chi connectivity index (χ0) is 17.9. The third-order valence-electron chi connectivity index (χ3n) is 4.42. The molecule has 4 rings (SSSR count). The first-order valence-corrected chi connectivity index (χ1v) is 8.70.